The molecule has 0 N–H and O–H groups in total. The van der Waals surface area contributed by atoms with Crippen LogP contribution in [0.5, 0.6) is 5.75 Å². The van der Waals surface area contributed by atoms with Crippen LogP contribution in [0, 0.1) is 5.82 Å². The Labute approximate surface area is 136 Å². The number of carbonyl (C=O) groups excluding carboxylic acids is 1. The fourth-order valence-corrected chi connectivity index (χ4v) is 2.98. The fraction of sp³-hybridized carbons (Fsp3) is 0.111. The van der Waals surface area contributed by atoms with Gasteiger partial charge in [0.05, 0.1) is 30.4 Å². The van der Waals surface area contributed by atoms with E-state index in [1.807, 2.05) is 0 Å². The van der Waals surface area contributed by atoms with Crippen molar-refractivity contribution >= 4 is 16.8 Å². The number of halogens is 2. The summed E-state index contributed by atoms with van der Waals surface area (Å²) in [6.07, 6.45) is 0. The zero-order valence-corrected chi connectivity index (χ0v) is 12.7. The maximum Gasteiger partial charge on any atom is 0.283 e. The second kappa shape index (κ2) is 5.26. The lowest BCUT2D eigenvalue weighted by molar-refractivity contribution is 0.0217. The molecule has 0 bridgehead atoms. The number of nitrogens with zero attached hydrogens (tertiary/aromatic N) is 2. The monoisotopic (exact) mass is 326 g/mol. The molecule has 1 aliphatic heterocycles. The largest absolute Gasteiger partial charge is 0.496 e. The van der Waals surface area contributed by atoms with E-state index in [9.17, 15) is 13.7 Å². The molecule has 0 saturated carbocycles. The van der Waals surface area contributed by atoms with E-state index in [1.54, 1.807) is 30.3 Å². The van der Waals surface area contributed by atoms with Crippen LogP contribution in [0.4, 0.5) is 8.87 Å². The number of amides is 1. The van der Waals surface area contributed by atoms with Gasteiger partial charge in [0.1, 0.15) is 11.6 Å². The van der Waals surface area contributed by atoms with Gasteiger partial charge in [-0.15, -0.1) is 0 Å². The molecule has 1 aliphatic rings. The van der Waals surface area contributed by atoms with Crippen molar-refractivity contribution in [1.82, 2.24) is 10.1 Å². The molecule has 0 saturated heterocycles. The number of benzene rings is 2. The van der Waals surface area contributed by atoms with Gasteiger partial charge in [-0.2, -0.15) is 5.12 Å². The summed E-state index contributed by atoms with van der Waals surface area (Å²) in [5.74, 6) is -0.573. The molecule has 3 aromatic rings. The normalized spacial score (nSPS) is 13.5. The maximum atomic E-state index is 13.7. The van der Waals surface area contributed by atoms with Crippen molar-refractivity contribution in [2.75, 3.05) is 7.11 Å². The molecule has 0 unspecified atom stereocenters. The summed E-state index contributed by atoms with van der Waals surface area (Å²) in [6.45, 7) is -0.182. The van der Waals surface area contributed by atoms with Crippen LogP contribution in [0.15, 0.2) is 42.5 Å². The molecule has 4 nitrogen and oxygen atoms in total. The topological polar surface area (TPSA) is 42.4 Å². The number of carbonyl (C=O) groups is 1. The zero-order valence-electron chi connectivity index (χ0n) is 12.7. The van der Waals surface area contributed by atoms with Crippen LogP contribution in [0.25, 0.3) is 22.0 Å². The van der Waals surface area contributed by atoms with E-state index in [-0.39, 0.29) is 17.2 Å². The summed E-state index contributed by atoms with van der Waals surface area (Å²) in [6, 6.07) is 11.2. The molecule has 2 aromatic carbocycles. The molecule has 24 heavy (non-hydrogen) atoms. The Hall–Kier alpha value is -3.02. The molecule has 0 fully saturated rings. The van der Waals surface area contributed by atoms with Crippen molar-refractivity contribution in [2.45, 2.75) is 6.54 Å². The number of fused-ring (bicyclic) bond motifs is 2. The van der Waals surface area contributed by atoms with Crippen molar-refractivity contribution in [3.8, 4) is 16.9 Å². The molecular formula is C18H12F2N2O2. The third-order valence-electron chi connectivity index (χ3n) is 4.12. The minimum Gasteiger partial charge on any atom is -0.496 e. The van der Waals surface area contributed by atoms with Crippen LogP contribution >= 0.6 is 0 Å². The first-order valence-corrected chi connectivity index (χ1v) is 7.32. The predicted molar refractivity (Wildman–Crippen MR) is 84.7 cm³/mol. The van der Waals surface area contributed by atoms with Crippen molar-refractivity contribution in [3.63, 3.8) is 0 Å². The van der Waals surface area contributed by atoms with Crippen molar-refractivity contribution in [3.05, 3.63) is 59.5 Å². The molecule has 4 rings (SSSR count). The Balaban J connectivity index is 2.00. The summed E-state index contributed by atoms with van der Waals surface area (Å²) in [5.41, 5.74) is 2.42. The highest BCUT2D eigenvalue weighted by Gasteiger charge is 2.29. The van der Waals surface area contributed by atoms with Gasteiger partial charge in [0, 0.05) is 16.5 Å². The van der Waals surface area contributed by atoms with Gasteiger partial charge in [0.25, 0.3) is 5.91 Å². The van der Waals surface area contributed by atoms with Gasteiger partial charge < -0.3 is 4.74 Å². The molecule has 0 aliphatic carbocycles. The number of aromatic nitrogens is 1. The van der Waals surface area contributed by atoms with Crippen LogP contribution in [-0.4, -0.2) is 23.1 Å². The lowest BCUT2D eigenvalue weighted by Crippen LogP contribution is -2.12. The van der Waals surface area contributed by atoms with E-state index in [0.29, 0.717) is 33.5 Å². The van der Waals surface area contributed by atoms with Crippen molar-refractivity contribution in [2.24, 2.45) is 0 Å². The third kappa shape index (κ3) is 2.11. The Kier molecular flexibility index (Phi) is 3.19. The molecule has 2 heterocycles. The van der Waals surface area contributed by atoms with Crippen LogP contribution in [0.2, 0.25) is 0 Å². The van der Waals surface area contributed by atoms with E-state index in [0.717, 1.165) is 0 Å². The van der Waals surface area contributed by atoms with Gasteiger partial charge in [-0.25, -0.2) is 9.37 Å². The standard InChI is InChI=1S/C18H12F2N2O2/c1-24-16-6-5-11(19)8-13(16)12-4-2-3-10-7-14-15(21-17(10)12)9-22(20)18(14)23/h2-8H,9H2,1H3. The Morgan fingerprint density at radius 2 is 1.96 bits per heavy atom. The van der Waals surface area contributed by atoms with E-state index in [4.69, 9.17) is 4.74 Å². The number of hydrogen-bond donors (Lipinski definition) is 0. The Bertz CT molecular complexity index is 988. The molecule has 0 spiro atoms. The zero-order chi connectivity index (χ0) is 16.8. The van der Waals surface area contributed by atoms with Crippen LogP contribution in [0.3, 0.4) is 0 Å². The highest BCUT2D eigenvalue weighted by atomic mass is 19.2. The smallest absolute Gasteiger partial charge is 0.283 e. The minimum absolute atomic E-state index is 0.138. The van der Waals surface area contributed by atoms with Crippen molar-refractivity contribution < 1.29 is 18.4 Å². The summed E-state index contributed by atoms with van der Waals surface area (Å²) in [5, 5.41) is 0.820. The third-order valence-corrected chi connectivity index (χ3v) is 4.12. The number of hydrogen-bond acceptors (Lipinski definition) is 3. The van der Waals surface area contributed by atoms with Gasteiger partial charge in [0.2, 0.25) is 0 Å². The number of rotatable bonds is 2. The summed E-state index contributed by atoms with van der Waals surface area (Å²) >= 11 is 0. The number of ether oxygens (including phenoxy) is 1. The average molecular weight is 326 g/mol. The summed E-state index contributed by atoms with van der Waals surface area (Å²) in [7, 11) is 1.51. The first-order chi connectivity index (χ1) is 11.6. The fourth-order valence-electron chi connectivity index (χ4n) is 2.98. The number of methoxy groups -OCH3 is 1. The highest BCUT2D eigenvalue weighted by molar-refractivity contribution is 6.03. The number of para-hydroxylation sites is 1. The van der Waals surface area contributed by atoms with Gasteiger partial charge in [-0.1, -0.05) is 22.7 Å². The quantitative estimate of drug-likeness (QED) is 0.671. The van der Waals surface area contributed by atoms with E-state index >= 15 is 0 Å². The van der Waals surface area contributed by atoms with Crippen LogP contribution < -0.4 is 4.74 Å². The summed E-state index contributed by atoms with van der Waals surface area (Å²) in [4.78, 5) is 16.2. The molecule has 6 heteroatoms. The first kappa shape index (κ1) is 14.6. The Morgan fingerprint density at radius 1 is 1.12 bits per heavy atom. The molecule has 0 atom stereocenters. The van der Waals surface area contributed by atoms with E-state index < -0.39 is 11.7 Å². The average Bonchev–Trinajstić information content (AvgIpc) is 2.86. The minimum atomic E-state index is -0.687. The van der Waals surface area contributed by atoms with Gasteiger partial charge in [0.15, 0.2) is 0 Å². The maximum absolute atomic E-state index is 13.7. The van der Waals surface area contributed by atoms with Gasteiger partial charge in [-0.3, -0.25) is 4.79 Å². The van der Waals surface area contributed by atoms with E-state index in [2.05, 4.69) is 4.98 Å². The van der Waals surface area contributed by atoms with Gasteiger partial charge in [-0.05, 0) is 24.3 Å². The van der Waals surface area contributed by atoms with Crippen LogP contribution in [-0.2, 0) is 6.54 Å². The predicted octanol–water partition coefficient (Wildman–Crippen LogP) is 3.89. The second-order valence-electron chi connectivity index (χ2n) is 5.53. The number of pyridine rings is 1. The first-order valence-electron chi connectivity index (χ1n) is 7.32. The summed E-state index contributed by atoms with van der Waals surface area (Å²) < 4.78 is 32.6. The molecule has 0 radical (unpaired) electrons. The second-order valence-corrected chi connectivity index (χ2v) is 5.53. The van der Waals surface area contributed by atoms with Crippen molar-refractivity contribution in [1.29, 1.82) is 0 Å². The molecule has 1 aromatic heterocycles. The van der Waals surface area contributed by atoms with Gasteiger partial charge >= 0.3 is 0 Å². The SMILES string of the molecule is COc1ccc(F)cc1-c1cccc2cc3c(nc12)CN(F)C3=O. The lowest BCUT2D eigenvalue weighted by Gasteiger charge is -2.11. The highest BCUT2D eigenvalue weighted by Crippen LogP contribution is 2.36. The lowest BCUT2D eigenvalue weighted by atomic mass is 9.99. The Morgan fingerprint density at radius 3 is 2.75 bits per heavy atom. The van der Waals surface area contributed by atoms with E-state index in [1.165, 1.54) is 19.2 Å². The molecule has 1 amide bonds. The molecule has 120 valence electrons. The molecular weight excluding hydrogens is 314 g/mol. The van der Waals surface area contributed by atoms with Crippen LogP contribution in [0.1, 0.15) is 16.1 Å².